The molecule has 2 aliphatic rings. The van der Waals surface area contributed by atoms with E-state index in [4.69, 9.17) is 23.8 Å². The van der Waals surface area contributed by atoms with Crippen LogP contribution in [-0.4, -0.2) is 19.5 Å². The van der Waals surface area contributed by atoms with Crippen LogP contribution in [0.1, 0.15) is 48.6 Å². The summed E-state index contributed by atoms with van der Waals surface area (Å²) in [6, 6.07) is 42.3. The highest BCUT2D eigenvalue weighted by Gasteiger charge is 2.27. The lowest BCUT2D eigenvalue weighted by Gasteiger charge is -2.18. The van der Waals surface area contributed by atoms with Crippen molar-refractivity contribution in [2.75, 3.05) is 0 Å². The smallest absolute Gasteiger partial charge is 0.238 e. The van der Waals surface area contributed by atoms with Gasteiger partial charge in [-0.15, -0.1) is 0 Å². The van der Waals surface area contributed by atoms with E-state index in [1.165, 1.54) is 27.5 Å². The fourth-order valence-corrected chi connectivity index (χ4v) is 9.28. The van der Waals surface area contributed by atoms with Gasteiger partial charge in [-0.05, 0) is 89.4 Å². The van der Waals surface area contributed by atoms with Crippen LogP contribution in [0.2, 0.25) is 0 Å². The predicted octanol–water partition coefficient (Wildman–Crippen LogP) is 13.3. The highest BCUT2D eigenvalue weighted by atomic mass is 16.3. The van der Waals surface area contributed by atoms with Crippen LogP contribution in [0.25, 0.3) is 107 Å². The quantitative estimate of drug-likeness (QED) is 0.180. The third kappa shape index (κ3) is 4.93. The molecule has 6 aromatic carbocycles. The summed E-state index contributed by atoms with van der Waals surface area (Å²) in [6.07, 6.45) is 11.1. The first-order valence-electron chi connectivity index (χ1n) is 19.8. The molecule has 0 radical (unpaired) electrons. The van der Waals surface area contributed by atoms with Crippen molar-refractivity contribution < 1.29 is 8.83 Å². The van der Waals surface area contributed by atoms with Crippen molar-refractivity contribution >= 4 is 66.9 Å². The number of nitrogens with zero attached hydrogens (tertiary/aromatic N) is 4. The fraction of sp³-hybridized carbons (Fsp3) is 0.118. The molecule has 0 aliphatic heterocycles. The maximum absolute atomic E-state index is 6.48. The normalized spacial score (nSPS) is 16.3. The lowest BCUT2D eigenvalue weighted by molar-refractivity contribution is 0.668. The maximum atomic E-state index is 6.48. The standard InChI is InChI=1S/C51H36N4O2/c1-29-18-23-42-40(26-29)39-16-9-14-35(32-20-24-44-41(27-32)47-38-15-8-10-30(2)34(38)22-25-45(47)56-44)48(39)55(42)51-53-49(31-11-4-3-5-12-31)52-50(54-51)33-19-21-37-36-13-6-7-17-43(36)57-46(37)28-33/h3-9,11-25,27-30H,10,26H2,1-2H3. The van der Waals surface area contributed by atoms with Gasteiger partial charge in [-0.1, -0.05) is 117 Å². The average Bonchev–Trinajstić information content (AvgIpc) is 3.93. The number of furan rings is 2. The van der Waals surface area contributed by atoms with Gasteiger partial charge in [0.25, 0.3) is 0 Å². The first-order valence-corrected chi connectivity index (χ1v) is 19.8. The number of fused-ring (bicyclic) bond motifs is 11. The van der Waals surface area contributed by atoms with Crippen LogP contribution in [0, 0.1) is 5.92 Å². The molecule has 2 aliphatic carbocycles. The Morgan fingerprint density at radius 2 is 1.35 bits per heavy atom. The largest absolute Gasteiger partial charge is 0.456 e. The number of hydrogen-bond donors (Lipinski definition) is 0. The Bertz CT molecular complexity index is 3340. The summed E-state index contributed by atoms with van der Waals surface area (Å²) in [6.45, 7) is 4.59. The number of allylic oxidation sites excluding steroid dienone is 2. The topological polar surface area (TPSA) is 69.9 Å². The Hall–Kier alpha value is -7.05. The van der Waals surface area contributed by atoms with E-state index in [9.17, 15) is 0 Å². The van der Waals surface area contributed by atoms with Crippen LogP contribution in [0.15, 0.2) is 142 Å². The van der Waals surface area contributed by atoms with Crippen LogP contribution >= 0.6 is 0 Å². The second-order valence-corrected chi connectivity index (χ2v) is 15.7. The molecular weight excluding hydrogens is 701 g/mol. The van der Waals surface area contributed by atoms with Crippen molar-refractivity contribution in [3.05, 3.63) is 156 Å². The second kappa shape index (κ2) is 12.2. The minimum atomic E-state index is 0.403. The zero-order valence-electron chi connectivity index (χ0n) is 31.5. The molecule has 4 aromatic heterocycles. The van der Waals surface area contributed by atoms with Gasteiger partial charge in [0.15, 0.2) is 11.6 Å². The number of hydrogen-bond acceptors (Lipinski definition) is 5. The van der Waals surface area contributed by atoms with Crippen LogP contribution in [0.3, 0.4) is 0 Å². The highest BCUT2D eigenvalue weighted by Crippen LogP contribution is 2.44. The van der Waals surface area contributed by atoms with E-state index in [-0.39, 0.29) is 0 Å². The summed E-state index contributed by atoms with van der Waals surface area (Å²) in [5.74, 6) is 2.64. The number of rotatable bonds is 4. The molecule has 2 unspecified atom stereocenters. The van der Waals surface area contributed by atoms with E-state index in [0.717, 1.165) is 84.8 Å². The van der Waals surface area contributed by atoms with Gasteiger partial charge in [-0.2, -0.15) is 9.97 Å². The molecule has 6 nitrogen and oxygen atoms in total. The van der Waals surface area contributed by atoms with Crippen LogP contribution in [0.5, 0.6) is 0 Å². The Kier molecular flexibility index (Phi) is 6.91. The molecule has 272 valence electrons. The fourth-order valence-electron chi connectivity index (χ4n) is 9.28. The molecule has 0 amide bonds. The van der Waals surface area contributed by atoms with Gasteiger partial charge in [-0.25, -0.2) is 4.98 Å². The monoisotopic (exact) mass is 736 g/mol. The lowest BCUT2D eigenvalue weighted by Crippen LogP contribution is -2.10. The molecule has 0 fully saturated rings. The van der Waals surface area contributed by atoms with Gasteiger partial charge in [0, 0.05) is 43.6 Å². The summed E-state index contributed by atoms with van der Waals surface area (Å²) in [5, 5.41) is 5.67. The minimum Gasteiger partial charge on any atom is -0.456 e. The van der Waals surface area contributed by atoms with E-state index in [1.807, 2.05) is 36.4 Å². The predicted molar refractivity (Wildman–Crippen MR) is 231 cm³/mol. The van der Waals surface area contributed by atoms with Crippen molar-refractivity contribution in [3.8, 4) is 39.9 Å². The van der Waals surface area contributed by atoms with E-state index in [2.05, 4.69) is 128 Å². The summed E-state index contributed by atoms with van der Waals surface area (Å²) in [5.41, 5.74) is 13.6. The first kappa shape index (κ1) is 32.2. The molecule has 0 bridgehead atoms. The van der Waals surface area contributed by atoms with Gasteiger partial charge >= 0.3 is 0 Å². The molecule has 10 aromatic rings. The third-order valence-corrected chi connectivity index (χ3v) is 12.1. The third-order valence-electron chi connectivity index (χ3n) is 12.1. The van der Waals surface area contributed by atoms with Gasteiger partial charge in [0.2, 0.25) is 5.95 Å². The zero-order chi connectivity index (χ0) is 37.8. The summed E-state index contributed by atoms with van der Waals surface area (Å²) < 4.78 is 15.1. The van der Waals surface area contributed by atoms with E-state index < -0.39 is 0 Å². The molecule has 4 heterocycles. The molecule has 2 atom stereocenters. The van der Waals surface area contributed by atoms with Crippen molar-refractivity contribution in [1.29, 1.82) is 0 Å². The van der Waals surface area contributed by atoms with E-state index in [0.29, 0.717) is 29.4 Å². The van der Waals surface area contributed by atoms with Gasteiger partial charge in [0.05, 0.1) is 11.2 Å². The molecule has 0 N–H and O–H groups in total. The van der Waals surface area contributed by atoms with Crippen LogP contribution in [0.4, 0.5) is 0 Å². The molecule has 6 heteroatoms. The molecule has 12 rings (SSSR count). The Labute approximate surface area is 328 Å². The van der Waals surface area contributed by atoms with E-state index in [1.54, 1.807) is 0 Å². The zero-order valence-corrected chi connectivity index (χ0v) is 31.5. The molecule has 0 saturated carbocycles. The van der Waals surface area contributed by atoms with Crippen molar-refractivity contribution in [3.63, 3.8) is 0 Å². The van der Waals surface area contributed by atoms with Gasteiger partial charge in [-0.3, -0.25) is 4.57 Å². The molecular formula is C51H36N4O2. The molecule has 0 spiro atoms. The van der Waals surface area contributed by atoms with Crippen LogP contribution in [-0.2, 0) is 6.42 Å². The minimum absolute atomic E-state index is 0.403. The van der Waals surface area contributed by atoms with Gasteiger partial charge in [0.1, 0.15) is 22.3 Å². The highest BCUT2D eigenvalue weighted by molar-refractivity contribution is 6.12. The lowest BCUT2D eigenvalue weighted by atomic mass is 9.86. The summed E-state index contributed by atoms with van der Waals surface area (Å²) >= 11 is 0. The van der Waals surface area contributed by atoms with Crippen molar-refractivity contribution in [2.24, 2.45) is 5.92 Å². The summed E-state index contributed by atoms with van der Waals surface area (Å²) in [4.78, 5) is 15.7. The molecule has 0 saturated heterocycles. The summed E-state index contributed by atoms with van der Waals surface area (Å²) in [7, 11) is 0. The number of aromatic nitrogens is 4. The Balaban J connectivity index is 1.12. The van der Waals surface area contributed by atoms with Crippen LogP contribution < -0.4 is 0 Å². The van der Waals surface area contributed by atoms with Crippen molar-refractivity contribution in [2.45, 2.75) is 32.6 Å². The van der Waals surface area contributed by atoms with Gasteiger partial charge < -0.3 is 8.83 Å². The second-order valence-electron chi connectivity index (χ2n) is 15.7. The SMILES string of the molecule is CC1C=Cc2c(c3cccc(-c4ccc5oc6ccc7c(c6c5c4)C=CCC7C)c3n2-c2nc(-c3ccccc3)nc(-c3ccc4c(c3)oc3ccccc34)n2)C1. The number of para-hydroxylation sites is 2. The number of benzene rings is 6. The maximum Gasteiger partial charge on any atom is 0.238 e. The Morgan fingerprint density at radius 1 is 0.596 bits per heavy atom. The Morgan fingerprint density at radius 3 is 2.26 bits per heavy atom. The molecule has 57 heavy (non-hydrogen) atoms. The first-order chi connectivity index (χ1) is 28.1. The average molecular weight is 737 g/mol. The van der Waals surface area contributed by atoms with Crippen molar-refractivity contribution in [1.82, 2.24) is 19.5 Å². The van der Waals surface area contributed by atoms with E-state index >= 15 is 0 Å².